The molecule has 0 saturated carbocycles. The van der Waals surface area contributed by atoms with Crippen molar-refractivity contribution < 1.29 is 9.53 Å². The maximum absolute atomic E-state index is 13.4. The number of carbonyl (C=O) groups is 1. The monoisotopic (exact) mass is 535 g/mol. The van der Waals surface area contributed by atoms with Crippen molar-refractivity contribution >= 4 is 39.3 Å². The topological polar surface area (TPSA) is 81.1 Å². The predicted molar refractivity (Wildman–Crippen MR) is 136 cm³/mol. The molecule has 1 aromatic heterocycles. The Labute approximate surface area is 210 Å². The Kier molecular flexibility index (Phi) is 6.55. The Hall–Kier alpha value is -3.30. The zero-order valence-corrected chi connectivity index (χ0v) is 20.7. The molecule has 0 radical (unpaired) electrons. The zero-order chi connectivity index (χ0) is 23.5. The third-order valence-corrected chi connectivity index (χ3v) is 7.17. The third-order valence-electron chi connectivity index (χ3n) is 5.42. The summed E-state index contributed by atoms with van der Waals surface area (Å²) in [7, 11) is 0. The first-order valence-corrected chi connectivity index (χ1v) is 12.4. The lowest BCUT2D eigenvalue weighted by atomic mass is 10.0. The average molecular weight is 536 g/mol. The van der Waals surface area contributed by atoms with Crippen LogP contribution in [0.1, 0.15) is 23.0 Å². The molecule has 1 aliphatic rings. The van der Waals surface area contributed by atoms with E-state index in [1.165, 1.54) is 11.8 Å². The zero-order valence-electron chi connectivity index (χ0n) is 18.3. The van der Waals surface area contributed by atoms with E-state index in [1.54, 1.807) is 0 Å². The van der Waals surface area contributed by atoms with E-state index in [4.69, 9.17) is 4.74 Å². The number of ether oxygens (including phenoxy) is 1. The molecule has 4 aromatic rings. The number of thioether (sulfide) groups is 1. The van der Waals surface area contributed by atoms with Gasteiger partial charge in [-0.3, -0.25) is 4.79 Å². The normalized spacial score (nSPS) is 16.9. The number of hydrogen-bond acceptors (Lipinski definition) is 6. The molecule has 5 rings (SSSR count). The SMILES string of the molecule is Cc1ccc([C@H]2Nn3c(COc4ccccc4)nnc3S[C@H]2C(=O)Nc2ccc(Br)cc2)cc1. The second-order valence-electron chi connectivity index (χ2n) is 7.89. The number of nitrogens with zero attached hydrogens (tertiary/aromatic N) is 3. The first kappa shape index (κ1) is 22.5. The van der Waals surface area contributed by atoms with Crippen molar-refractivity contribution in [2.45, 2.75) is 30.0 Å². The Morgan fingerprint density at radius 3 is 2.53 bits per heavy atom. The lowest BCUT2D eigenvalue weighted by Crippen LogP contribution is -2.41. The summed E-state index contributed by atoms with van der Waals surface area (Å²) in [6.07, 6.45) is 0. The standard InChI is InChI=1S/C25H22BrN5O2S/c1-16-7-9-17(10-8-16)22-23(24(32)27-19-13-11-18(26)12-14-19)34-25-29-28-21(31(25)30-22)15-33-20-5-3-2-4-6-20/h2-14,22-23,30H,15H2,1H3,(H,27,32)/t22-,23-/m1/s1. The fraction of sp³-hybridized carbons (Fsp3) is 0.160. The summed E-state index contributed by atoms with van der Waals surface area (Å²) in [5.41, 5.74) is 6.36. The first-order valence-electron chi connectivity index (χ1n) is 10.8. The van der Waals surface area contributed by atoms with Gasteiger partial charge in [0.2, 0.25) is 11.1 Å². The van der Waals surface area contributed by atoms with Crippen LogP contribution in [0, 0.1) is 6.92 Å². The number of halogens is 1. The largest absolute Gasteiger partial charge is 0.486 e. The Bertz CT molecular complexity index is 1280. The molecule has 0 bridgehead atoms. The Morgan fingerprint density at radius 2 is 1.79 bits per heavy atom. The number of aromatic nitrogens is 3. The van der Waals surface area contributed by atoms with Gasteiger partial charge in [0.15, 0.2) is 5.82 Å². The molecular formula is C25H22BrN5O2S. The smallest absolute Gasteiger partial charge is 0.240 e. The average Bonchev–Trinajstić information content (AvgIpc) is 3.26. The molecule has 0 saturated heterocycles. The van der Waals surface area contributed by atoms with Crippen molar-refractivity contribution in [2.75, 3.05) is 10.7 Å². The molecule has 1 amide bonds. The van der Waals surface area contributed by atoms with Gasteiger partial charge in [-0.05, 0) is 48.9 Å². The Balaban J connectivity index is 1.41. The highest BCUT2D eigenvalue weighted by Gasteiger charge is 2.38. The molecule has 0 aliphatic carbocycles. The first-order chi connectivity index (χ1) is 16.6. The van der Waals surface area contributed by atoms with Crippen LogP contribution in [0.4, 0.5) is 5.69 Å². The van der Waals surface area contributed by atoms with Gasteiger partial charge in [-0.1, -0.05) is 75.7 Å². The van der Waals surface area contributed by atoms with E-state index in [0.717, 1.165) is 27.0 Å². The molecule has 3 aromatic carbocycles. The van der Waals surface area contributed by atoms with Gasteiger partial charge in [-0.2, -0.15) is 0 Å². The molecule has 0 fully saturated rings. The molecule has 2 atom stereocenters. The second-order valence-corrected chi connectivity index (χ2v) is 9.91. The van der Waals surface area contributed by atoms with Gasteiger partial charge in [0, 0.05) is 10.2 Å². The number of fused-ring (bicyclic) bond motifs is 1. The number of para-hydroxylation sites is 1. The van der Waals surface area contributed by atoms with Crippen LogP contribution in [-0.2, 0) is 11.4 Å². The van der Waals surface area contributed by atoms with Crippen molar-refractivity contribution in [3.8, 4) is 5.75 Å². The number of hydrogen-bond donors (Lipinski definition) is 2. The number of anilines is 1. The summed E-state index contributed by atoms with van der Waals surface area (Å²) in [5.74, 6) is 1.28. The summed E-state index contributed by atoms with van der Waals surface area (Å²) in [5, 5.41) is 11.8. The van der Waals surface area contributed by atoms with Crippen LogP contribution < -0.4 is 15.5 Å². The fourth-order valence-electron chi connectivity index (χ4n) is 3.63. The molecule has 1 aliphatic heterocycles. The lowest BCUT2D eigenvalue weighted by Gasteiger charge is -2.33. The third kappa shape index (κ3) is 4.95. The summed E-state index contributed by atoms with van der Waals surface area (Å²) in [6, 6.07) is 25.0. The summed E-state index contributed by atoms with van der Waals surface area (Å²) >= 11 is 4.81. The van der Waals surface area contributed by atoms with Gasteiger partial charge in [0.1, 0.15) is 17.6 Å². The van der Waals surface area contributed by atoms with Gasteiger partial charge >= 0.3 is 0 Å². The van der Waals surface area contributed by atoms with E-state index >= 15 is 0 Å². The highest BCUT2D eigenvalue weighted by molar-refractivity contribution is 9.10. The number of nitrogens with one attached hydrogen (secondary N) is 2. The van der Waals surface area contributed by atoms with E-state index in [-0.39, 0.29) is 18.6 Å². The van der Waals surface area contributed by atoms with Crippen LogP contribution >= 0.6 is 27.7 Å². The molecule has 9 heteroatoms. The molecule has 34 heavy (non-hydrogen) atoms. The van der Waals surface area contributed by atoms with Crippen LogP contribution in [-0.4, -0.2) is 26.0 Å². The minimum atomic E-state index is -0.453. The van der Waals surface area contributed by atoms with E-state index in [9.17, 15) is 4.79 Å². The second kappa shape index (κ2) is 9.90. The molecule has 172 valence electrons. The molecule has 7 nitrogen and oxygen atoms in total. The molecule has 2 N–H and O–H groups in total. The highest BCUT2D eigenvalue weighted by atomic mass is 79.9. The molecule has 0 unspecified atom stereocenters. The van der Waals surface area contributed by atoms with Crippen LogP contribution in [0.3, 0.4) is 0 Å². The molecular weight excluding hydrogens is 514 g/mol. The van der Waals surface area contributed by atoms with Crippen LogP contribution in [0.25, 0.3) is 0 Å². The van der Waals surface area contributed by atoms with Crippen molar-refractivity contribution in [3.05, 3.63) is 100 Å². The Morgan fingerprint density at radius 1 is 1.06 bits per heavy atom. The highest BCUT2D eigenvalue weighted by Crippen LogP contribution is 2.37. The van der Waals surface area contributed by atoms with Crippen LogP contribution in [0.5, 0.6) is 5.75 Å². The van der Waals surface area contributed by atoms with Gasteiger partial charge in [0.25, 0.3) is 0 Å². The van der Waals surface area contributed by atoms with Crippen molar-refractivity contribution in [3.63, 3.8) is 0 Å². The molecule has 2 heterocycles. The minimum Gasteiger partial charge on any atom is -0.486 e. The number of amides is 1. The van der Waals surface area contributed by atoms with Crippen molar-refractivity contribution in [2.24, 2.45) is 0 Å². The van der Waals surface area contributed by atoms with Crippen molar-refractivity contribution in [1.29, 1.82) is 0 Å². The van der Waals surface area contributed by atoms with Crippen LogP contribution in [0.2, 0.25) is 0 Å². The number of carbonyl (C=O) groups excluding carboxylic acids is 1. The number of benzene rings is 3. The van der Waals surface area contributed by atoms with Gasteiger partial charge in [-0.15, -0.1) is 10.2 Å². The lowest BCUT2D eigenvalue weighted by molar-refractivity contribution is -0.116. The van der Waals surface area contributed by atoms with E-state index in [2.05, 4.69) is 36.9 Å². The summed E-state index contributed by atoms with van der Waals surface area (Å²) < 4.78 is 8.66. The maximum Gasteiger partial charge on any atom is 0.240 e. The predicted octanol–water partition coefficient (Wildman–Crippen LogP) is 5.33. The quantitative estimate of drug-likeness (QED) is 0.347. The van der Waals surface area contributed by atoms with Gasteiger partial charge in [-0.25, -0.2) is 4.68 Å². The summed E-state index contributed by atoms with van der Waals surface area (Å²) in [6.45, 7) is 2.29. The minimum absolute atomic E-state index is 0.110. The summed E-state index contributed by atoms with van der Waals surface area (Å²) in [4.78, 5) is 13.4. The number of aryl methyl sites for hydroxylation is 1. The number of rotatable bonds is 6. The van der Waals surface area contributed by atoms with E-state index in [1.807, 2.05) is 90.5 Å². The van der Waals surface area contributed by atoms with E-state index < -0.39 is 5.25 Å². The van der Waals surface area contributed by atoms with Crippen molar-refractivity contribution in [1.82, 2.24) is 14.9 Å². The van der Waals surface area contributed by atoms with E-state index in [0.29, 0.717) is 11.0 Å². The maximum atomic E-state index is 13.4. The van der Waals surface area contributed by atoms with Gasteiger partial charge < -0.3 is 15.5 Å². The fourth-order valence-corrected chi connectivity index (χ4v) is 4.99. The van der Waals surface area contributed by atoms with Crippen LogP contribution in [0.15, 0.2) is 88.5 Å². The molecule has 0 spiro atoms. The van der Waals surface area contributed by atoms with Gasteiger partial charge in [0.05, 0.1) is 6.04 Å².